The van der Waals surface area contributed by atoms with Crippen LogP contribution in [0.5, 0.6) is 0 Å². The number of nitrogens with one attached hydrogen (secondary N) is 1. The van der Waals surface area contributed by atoms with Gasteiger partial charge in [-0.05, 0) is 40.2 Å². The normalized spacial score (nSPS) is 10.1. The van der Waals surface area contributed by atoms with E-state index in [1.807, 2.05) is 0 Å². The van der Waals surface area contributed by atoms with Gasteiger partial charge < -0.3 is 5.32 Å². The fraction of sp³-hybridized carbons (Fsp3) is 0. The Morgan fingerprint density at radius 1 is 1.25 bits per heavy atom. The number of carbonyl (C=O) groups excluding carboxylic acids is 1. The zero-order valence-electron chi connectivity index (χ0n) is 9.97. The second-order valence-electron chi connectivity index (χ2n) is 3.85. The molecule has 1 amide bonds. The van der Waals surface area contributed by atoms with Gasteiger partial charge >= 0.3 is 0 Å². The third kappa shape index (κ3) is 3.15. The maximum absolute atomic E-state index is 12.1. The van der Waals surface area contributed by atoms with Crippen molar-refractivity contribution in [2.24, 2.45) is 0 Å². The molecular formula is C13H8BrClN2O3. The molecule has 0 radical (unpaired) electrons. The highest BCUT2D eigenvalue weighted by Gasteiger charge is 2.19. The van der Waals surface area contributed by atoms with E-state index in [0.29, 0.717) is 15.2 Å². The summed E-state index contributed by atoms with van der Waals surface area (Å²) in [6.45, 7) is 0. The number of hydrogen-bond acceptors (Lipinski definition) is 3. The van der Waals surface area contributed by atoms with Crippen LogP contribution in [0.4, 0.5) is 11.4 Å². The smallest absolute Gasteiger partial charge is 0.282 e. The predicted octanol–water partition coefficient (Wildman–Crippen LogP) is 4.26. The SMILES string of the molecule is O=C(Nc1ccc(Cl)cc1Br)c1ccccc1[N+](=O)[O-]. The van der Waals surface area contributed by atoms with Crippen molar-refractivity contribution in [2.75, 3.05) is 5.32 Å². The van der Waals surface area contributed by atoms with Crippen molar-refractivity contribution in [1.82, 2.24) is 0 Å². The Balaban J connectivity index is 2.31. The molecule has 0 fully saturated rings. The van der Waals surface area contributed by atoms with E-state index in [1.54, 1.807) is 24.3 Å². The predicted molar refractivity (Wildman–Crippen MR) is 80.2 cm³/mol. The lowest BCUT2D eigenvalue weighted by atomic mass is 10.1. The topological polar surface area (TPSA) is 72.2 Å². The number of anilines is 1. The number of para-hydroxylation sites is 1. The number of nitrogens with zero attached hydrogens (tertiary/aromatic N) is 1. The Labute approximate surface area is 127 Å². The molecule has 2 rings (SSSR count). The highest BCUT2D eigenvalue weighted by atomic mass is 79.9. The van der Waals surface area contributed by atoms with E-state index in [0.717, 1.165) is 0 Å². The molecule has 0 saturated heterocycles. The Bertz CT molecular complexity index is 691. The summed E-state index contributed by atoms with van der Waals surface area (Å²) in [7, 11) is 0. The Kier molecular flexibility index (Phi) is 4.36. The van der Waals surface area contributed by atoms with Gasteiger partial charge in [-0.15, -0.1) is 0 Å². The number of halogens is 2. The Morgan fingerprint density at radius 3 is 2.60 bits per heavy atom. The second-order valence-corrected chi connectivity index (χ2v) is 5.14. The molecule has 0 saturated carbocycles. The van der Waals surface area contributed by atoms with E-state index in [1.165, 1.54) is 18.2 Å². The van der Waals surface area contributed by atoms with Crippen LogP contribution in [0.1, 0.15) is 10.4 Å². The van der Waals surface area contributed by atoms with Crippen LogP contribution >= 0.6 is 27.5 Å². The first-order valence-electron chi connectivity index (χ1n) is 5.49. The van der Waals surface area contributed by atoms with Crippen LogP contribution in [0.25, 0.3) is 0 Å². The van der Waals surface area contributed by atoms with E-state index >= 15 is 0 Å². The largest absolute Gasteiger partial charge is 0.321 e. The number of rotatable bonds is 3. The molecule has 1 N–H and O–H groups in total. The first-order valence-corrected chi connectivity index (χ1v) is 6.66. The van der Waals surface area contributed by atoms with Crippen molar-refractivity contribution in [2.45, 2.75) is 0 Å². The zero-order valence-corrected chi connectivity index (χ0v) is 12.3. The first-order chi connectivity index (χ1) is 9.49. The molecule has 0 spiro atoms. The quantitative estimate of drug-likeness (QED) is 0.660. The first kappa shape index (κ1) is 14.5. The third-order valence-electron chi connectivity index (χ3n) is 2.52. The van der Waals surface area contributed by atoms with Crippen LogP contribution in [0.15, 0.2) is 46.9 Å². The maximum atomic E-state index is 12.1. The number of hydrogen-bond donors (Lipinski definition) is 1. The maximum Gasteiger partial charge on any atom is 0.282 e. The summed E-state index contributed by atoms with van der Waals surface area (Å²) in [6.07, 6.45) is 0. The van der Waals surface area contributed by atoms with Gasteiger partial charge in [0.2, 0.25) is 0 Å². The molecule has 5 nitrogen and oxygen atoms in total. The third-order valence-corrected chi connectivity index (χ3v) is 3.42. The highest BCUT2D eigenvalue weighted by Crippen LogP contribution is 2.27. The van der Waals surface area contributed by atoms with Crippen molar-refractivity contribution >= 4 is 44.8 Å². The van der Waals surface area contributed by atoms with Gasteiger partial charge in [-0.3, -0.25) is 14.9 Å². The van der Waals surface area contributed by atoms with E-state index in [4.69, 9.17) is 11.6 Å². The summed E-state index contributed by atoms with van der Waals surface area (Å²) >= 11 is 9.07. The van der Waals surface area contributed by atoms with Gasteiger partial charge in [0.15, 0.2) is 0 Å². The van der Waals surface area contributed by atoms with Gasteiger partial charge in [0.25, 0.3) is 11.6 Å². The fourth-order valence-electron chi connectivity index (χ4n) is 1.61. The van der Waals surface area contributed by atoms with Crippen molar-refractivity contribution in [3.63, 3.8) is 0 Å². The Hall–Kier alpha value is -1.92. The molecule has 0 heterocycles. The fourth-order valence-corrected chi connectivity index (χ4v) is 2.39. The molecule has 0 aliphatic heterocycles. The second kappa shape index (κ2) is 6.02. The summed E-state index contributed by atoms with van der Waals surface area (Å²) in [5.74, 6) is -0.555. The zero-order chi connectivity index (χ0) is 14.7. The molecule has 0 aliphatic rings. The monoisotopic (exact) mass is 354 g/mol. The van der Waals surface area contributed by atoms with Crippen LogP contribution in [0, 0.1) is 10.1 Å². The van der Waals surface area contributed by atoms with Crippen LogP contribution < -0.4 is 5.32 Å². The Morgan fingerprint density at radius 2 is 1.95 bits per heavy atom. The average molecular weight is 356 g/mol. The highest BCUT2D eigenvalue weighted by molar-refractivity contribution is 9.10. The van der Waals surface area contributed by atoms with Crippen molar-refractivity contribution < 1.29 is 9.72 Å². The molecule has 0 bridgehead atoms. The molecule has 2 aromatic rings. The molecule has 0 atom stereocenters. The van der Waals surface area contributed by atoms with Gasteiger partial charge in [0.05, 0.1) is 10.6 Å². The van der Waals surface area contributed by atoms with E-state index in [9.17, 15) is 14.9 Å². The minimum atomic E-state index is -0.591. The van der Waals surface area contributed by atoms with Gasteiger partial charge in [-0.2, -0.15) is 0 Å². The lowest BCUT2D eigenvalue weighted by Crippen LogP contribution is -2.14. The summed E-state index contributed by atoms with van der Waals surface area (Å²) in [6, 6.07) is 10.6. The van der Waals surface area contributed by atoms with Crippen LogP contribution in [-0.4, -0.2) is 10.8 Å². The molecule has 20 heavy (non-hydrogen) atoms. The summed E-state index contributed by atoms with van der Waals surface area (Å²) < 4.78 is 0.594. The van der Waals surface area contributed by atoms with Crippen molar-refractivity contribution in [3.8, 4) is 0 Å². The summed E-state index contributed by atoms with van der Waals surface area (Å²) in [5, 5.41) is 14.0. The number of amides is 1. The van der Waals surface area contributed by atoms with Gasteiger partial charge in [-0.25, -0.2) is 0 Å². The van der Waals surface area contributed by atoms with Gasteiger partial charge in [-0.1, -0.05) is 23.7 Å². The molecule has 0 aliphatic carbocycles. The van der Waals surface area contributed by atoms with E-state index in [-0.39, 0.29) is 11.3 Å². The number of nitro groups is 1. The number of benzene rings is 2. The number of nitro benzene ring substituents is 1. The van der Waals surface area contributed by atoms with Crippen LogP contribution in [-0.2, 0) is 0 Å². The van der Waals surface area contributed by atoms with Gasteiger partial charge in [0.1, 0.15) is 5.56 Å². The van der Waals surface area contributed by atoms with Gasteiger partial charge in [0, 0.05) is 15.6 Å². The summed E-state index contributed by atoms with van der Waals surface area (Å²) in [4.78, 5) is 22.4. The number of carbonyl (C=O) groups is 1. The molecule has 7 heteroatoms. The minimum Gasteiger partial charge on any atom is -0.321 e. The average Bonchev–Trinajstić information content (AvgIpc) is 2.41. The summed E-state index contributed by atoms with van der Waals surface area (Å²) in [5.41, 5.74) is 0.243. The molecule has 102 valence electrons. The molecular weight excluding hydrogens is 348 g/mol. The molecule has 2 aromatic carbocycles. The standard InChI is InChI=1S/C13H8BrClN2O3/c14-10-7-8(15)5-6-11(10)16-13(18)9-3-1-2-4-12(9)17(19)20/h1-7H,(H,16,18). The van der Waals surface area contributed by atoms with Crippen molar-refractivity contribution in [1.29, 1.82) is 0 Å². The minimum absolute atomic E-state index is 0.000602. The lowest BCUT2D eigenvalue weighted by molar-refractivity contribution is -0.385. The van der Waals surface area contributed by atoms with Crippen LogP contribution in [0.2, 0.25) is 5.02 Å². The van der Waals surface area contributed by atoms with Crippen molar-refractivity contribution in [3.05, 3.63) is 67.6 Å². The van der Waals surface area contributed by atoms with Crippen LogP contribution in [0.3, 0.4) is 0 Å². The van der Waals surface area contributed by atoms with E-state index in [2.05, 4.69) is 21.2 Å². The molecule has 0 unspecified atom stereocenters. The lowest BCUT2D eigenvalue weighted by Gasteiger charge is -2.08. The van der Waals surface area contributed by atoms with E-state index < -0.39 is 10.8 Å². The molecule has 0 aromatic heterocycles.